The molecule has 0 saturated heterocycles. The van der Waals surface area contributed by atoms with Gasteiger partial charge in [0.1, 0.15) is 10.4 Å². The molecular formula is C10H15BrN2O2. The van der Waals surface area contributed by atoms with Crippen LogP contribution < -0.4 is 4.74 Å². The van der Waals surface area contributed by atoms with Gasteiger partial charge in [-0.1, -0.05) is 0 Å². The van der Waals surface area contributed by atoms with E-state index in [0.29, 0.717) is 0 Å². The van der Waals surface area contributed by atoms with Crippen LogP contribution in [0.2, 0.25) is 0 Å². The lowest BCUT2D eigenvalue weighted by Crippen LogP contribution is -2.14. The number of pyridine rings is 1. The molecule has 0 aliphatic rings. The predicted molar refractivity (Wildman–Crippen MR) is 61.8 cm³/mol. The van der Waals surface area contributed by atoms with Gasteiger partial charge in [0.2, 0.25) is 0 Å². The minimum atomic E-state index is 0.240. The molecule has 0 bridgehead atoms. The van der Waals surface area contributed by atoms with Crippen molar-refractivity contribution >= 4 is 15.9 Å². The second kappa shape index (κ2) is 6.05. The molecule has 0 aliphatic carbocycles. The summed E-state index contributed by atoms with van der Waals surface area (Å²) in [7, 11) is 5.57. The summed E-state index contributed by atoms with van der Waals surface area (Å²) in [5.41, 5.74) is 0.895. The maximum Gasteiger partial charge on any atom is 0.188 e. The predicted octanol–water partition coefficient (Wildman–Crippen LogP) is 1.89. The Labute approximate surface area is 98.3 Å². The van der Waals surface area contributed by atoms with Crippen LogP contribution in [0.1, 0.15) is 5.69 Å². The highest BCUT2D eigenvalue weighted by Gasteiger charge is 2.07. The molecule has 0 aliphatic heterocycles. The molecule has 0 radical (unpaired) electrons. The van der Waals surface area contributed by atoms with Gasteiger partial charge in [0, 0.05) is 13.7 Å². The SMILES string of the molecule is COCOc1ccc(Br)nc1CN(C)C. The van der Waals surface area contributed by atoms with E-state index in [4.69, 9.17) is 9.47 Å². The Morgan fingerprint density at radius 1 is 1.40 bits per heavy atom. The van der Waals surface area contributed by atoms with E-state index in [1.54, 1.807) is 7.11 Å². The fourth-order valence-electron chi connectivity index (χ4n) is 1.13. The van der Waals surface area contributed by atoms with Crippen LogP contribution in [0.15, 0.2) is 16.7 Å². The molecule has 0 aromatic carbocycles. The third-order valence-electron chi connectivity index (χ3n) is 1.70. The number of ether oxygens (including phenoxy) is 2. The molecule has 1 aromatic heterocycles. The molecule has 1 aromatic rings. The molecule has 84 valence electrons. The van der Waals surface area contributed by atoms with Crippen LogP contribution >= 0.6 is 15.9 Å². The molecule has 0 saturated carbocycles. The highest BCUT2D eigenvalue weighted by Crippen LogP contribution is 2.20. The van der Waals surface area contributed by atoms with Gasteiger partial charge in [0.15, 0.2) is 6.79 Å². The number of nitrogens with zero attached hydrogens (tertiary/aromatic N) is 2. The van der Waals surface area contributed by atoms with Crippen LogP contribution in [0, 0.1) is 0 Å². The van der Waals surface area contributed by atoms with Gasteiger partial charge in [-0.25, -0.2) is 4.98 Å². The number of halogens is 1. The van der Waals surface area contributed by atoms with E-state index < -0.39 is 0 Å². The maximum atomic E-state index is 5.41. The molecule has 1 heterocycles. The van der Waals surface area contributed by atoms with Gasteiger partial charge in [-0.3, -0.25) is 0 Å². The Morgan fingerprint density at radius 2 is 2.13 bits per heavy atom. The molecule has 0 unspecified atom stereocenters. The lowest BCUT2D eigenvalue weighted by Gasteiger charge is -2.13. The highest BCUT2D eigenvalue weighted by atomic mass is 79.9. The lowest BCUT2D eigenvalue weighted by molar-refractivity contribution is 0.0496. The first-order valence-electron chi connectivity index (χ1n) is 4.55. The van der Waals surface area contributed by atoms with Gasteiger partial charge in [-0.05, 0) is 42.2 Å². The van der Waals surface area contributed by atoms with Gasteiger partial charge >= 0.3 is 0 Å². The zero-order valence-corrected chi connectivity index (χ0v) is 10.7. The van der Waals surface area contributed by atoms with Crippen molar-refractivity contribution in [1.82, 2.24) is 9.88 Å². The monoisotopic (exact) mass is 274 g/mol. The molecule has 1 rings (SSSR count). The Balaban J connectivity index is 2.82. The number of rotatable bonds is 5. The van der Waals surface area contributed by atoms with Crippen molar-refractivity contribution in [3.63, 3.8) is 0 Å². The van der Waals surface area contributed by atoms with Crippen molar-refractivity contribution in [1.29, 1.82) is 0 Å². The average molecular weight is 275 g/mol. The van der Waals surface area contributed by atoms with Gasteiger partial charge in [-0.2, -0.15) is 0 Å². The zero-order valence-electron chi connectivity index (χ0n) is 9.16. The topological polar surface area (TPSA) is 34.6 Å². The molecule has 0 fully saturated rings. The molecule has 0 N–H and O–H groups in total. The third-order valence-corrected chi connectivity index (χ3v) is 2.14. The Morgan fingerprint density at radius 3 is 2.73 bits per heavy atom. The minimum absolute atomic E-state index is 0.240. The first kappa shape index (κ1) is 12.4. The summed E-state index contributed by atoms with van der Waals surface area (Å²) < 4.78 is 11.1. The Kier molecular flexibility index (Phi) is 5.01. The quantitative estimate of drug-likeness (QED) is 0.607. The second-order valence-electron chi connectivity index (χ2n) is 3.37. The Hall–Kier alpha value is -0.650. The number of methoxy groups -OCH3 is 1. The highest BCUT2D eigenvalue weighted by molar-refractivity contribution is 9.10. The van der Waals surface area contributed by atoms with Crippen LogP contribution in [0.5, 0.6) is 5.75 Å². The van der Waals surface area contributed by atoms with Gasteiger partial charge < -0.3 is 14.4 Å². The fraction of sp³-hybridized carbons (Fsp3) is 0.500. The van der Waals surface area contributed by atoms with E-state index in [2.05, 4.69) is 20.9 Å². The number of hydrogen-bond donors (Lipinski definition) is 0. The van der Waals surface area contributed by atoms with Gasteiger partial charge in [-0.15, -0.1) is 0 Å². The summed E-state index contributed by atoms with van der Waals surface area (Å²) in [5, 5.41) is 0. The van der Waals surface area contributed by atoms with Crippen LogP contribution in [-0.2, 0) is 11.3 Å². The van der Waals surface area contributed by atoms with Crippen LogP contribution in [-0.4, -0.2) is 37.9 Å². The molecular weight excluding hydrogens is 260 g/mol. The molecule has 0 atom stereocenters. The third kappa shape index (κ3) is 4.15. The molecule has 0 amide bonds. The standard InChI is InChI=1S/C10H15BrN2O2/c1-13(2)6-8-9(15-7-14-3)4-5-10(11)12-8/h4-5H,6-7H2,1-3H3. The van der Waals surface area contributed by atoms with E-state index >= 15 is 0 Å². The molecule has 15 heavy (non-hydrogen) atoms. The van der Waals surface area contributed by atoms with Crippen molar-refractivity contribution in [3.05, 3.63) is 22.4 Å². The second-order valence-corrected chi connectivity index (χ2v) is 4.18. The van der Waals surface area contributed by atoms with Crippen molar-refractivity contribution in [2.75, 3.05) is 28.0 Å². The van der Waals surface area contributed by atoms with E-state index in [1.165, 1.54) is 0 Å². The summed E-state index contributed by atoms with van der Waals surface area (Å²) in [5.74, 6) is 0.758. The lowest BCUT2D eigenvalue weighted by atomic mass is 10.3. The van der Waals surface area contributed by atoms with Crippen molar-refractivity contribution in [3.8, 4) is 5.75 Å². The van der Waals surface area contributed by atoms with E-state index in [1.807, 2.05) is 31.1 Å². The minimum Gasteiger partial charge on any atom is -0.466 e. The van der Waals surface area contributed by atoms with E-state index in [9.17, 15) is 0 Å². The normalized spacial score (nSPS) is 10.7. The van der Waals surface area contributed by atoms with Gasteiger partial charge in [0.05, 0.1) is 5.69 Å². The average Bonchev–Trinajstić information content (AvgIpc) is 2.16. The van der Waals surface area contributed by atoms with E-state index in [-0.39, 0.29) is 6.79 Å². The number of hydrogen-bond acceptors (Lipinski definition) is 4. The van der Waals surface area contributed by atoms with Crippen molar-refractivity contribution in [2.45, 2.75) is 6.54 Å². The largest absolute Gasteiger partial charge is 0.466 e. The summed E-state index contributed by atoms with van der Waals surface area (Å²) in [4.78, 5) is 6.40. The zero-order chi connectivity index (χ0) is 11.3. The maximum absolute atomic E-state index is 5.41. The first-order valence-corrected chi connectivity index (χ1v) is 5.34. The summed E-state index contributed by atoms with van der Waals surface area (Å²) in [6, 6.07) is 3.74. The smallest absolute Gasteiger partial charge is 0.188 e. The number of aromatic nitrogens is 1. The summed E-state index contributed by atoms with van der Waals surface area (Å²) in [6.45, 7) is 0.974. The summed E-state index contributed by atoms with van der Waals surface area (Å²) >= 11 is 3.34. The van der Waals surface area contributed by atoms with Crippen LogP contribution in [0.25, 0.3) is 0 Å². The summed E-state index contributed by atoms with van der Waals surface area (Å²) in [6.07, 6.45) is 0. The Bertz CT molecular complexity index is 318. The van der Waals surface area contributed by atoms with Crippen molar-refractivity contribution < 1.29 is 9.47 Å². The van der Waals surface area contributed by atoms with Crippen LogP contribution in [0.4, 0.5) is 0 Å². The van der Waals surface area contributed by atoms with Crippen molar-refractivity contribution in [2.24, 2.45) is 0 Å². The van der Waals surface area contributed by atoms with Crippen LogP contribution in [0.3, 0.4) is 0 Å². The van der Waals surface area contributed by atoms with E-state index in [0.717, 1.165) is 22.6 Å². The fourth-order valence-corrected chi connectivity index (χ4v) is 1.47. The molecule has 4 nitrogen and oxygen atoms in total. The molecule has 0 spiro atoms. The van der Waals surface area contributed by atoms with Gasteiger partial charge in [0.25, 0.3) is 0 Å². The molecule has 5 heteroatoms. The first-order chi connectivity index (χ1) is 7.13.